The molecule has 0 N–H and O–H groups in total. The van der Waals surface area contributed by atoms with Gasteiger partial charge in [-0.1, -0.05) is 38.5 Å². The molecule has 1 aromatic carbocycles. The fourth-order valence-corrected chi connectivity index (χ4v) is 3.21. The van der Waals surface area contributed by atoms with Crippen LogP contribution in [0.5, 0.6) is 0 Å². The topological polar surface area (TPSA) is 20.3 Å². The highest BCUT2D eigenvalue weighted by molar-refractivity contribution is 6.07. The molecule has 1 aliphatic heterocycles. The lowest BCUT2D eigenvalue weighted by Crippen LogP contribution is -2.39. The van der Waals surface area contributed by atoms with E-state index in [1.807, 2.05) is 7.05 Å². The van der Waals surface area contributed by atoms with Crippen molar-refractivity contribution in [3.8, 4) is 0 Å². The van der Waals surface area contributed by atoms with Gasteiger partial charge in [0.2, 0.25) is 5.91 Å². The van der Waals surface area contributed by atoms with Crippen molar-refractivity contribution < 1.29 is 4.79 Å². The van der Waals surface area contributed by atoms with Crippen LogP contribution in [0.4, 0.5) is 5.69 Å². The van der Waals surface area contributed by atoms with Gasteiger partial charge in [-0.05, 0) is 37.3 Å². The van der Waals surface area contributed by atoms with Crippen LogP contribution in [-0.2, 0) is 10.2 Å². The zero-order chi connectivity index (χ0) is 13.7. The van der Waals surface area contributed by atoms with Crippen LogP contribution in [0.1, 0.15) is 45.2 Å². The lowest BCUT2D eigenvalue weighted by Gasteiger charge is -2.31. The summed E-state index contributed by atoms with van der Waals surface area (Å²) in [6.07, 6.45) is 0.875. The number of amides is 1. The number of anilines is 1. The van der Waals surface area contributed by atoms with E-state index in [9.17, 15) is 4.79 Å². The van der Waals surface area contributed by atoms with Crippen molar-refractivity contribution >= 4 is 11.6 Å². The van der Waals surface area contributed by atoms with E-state index >= 15 is 0 Å². The lowest BCUT2D eigenvalue weighted by molar-refractivity contribution is -0.123. The summed E-state index contributed by atoms with van der Waals surface area (Å²) in [7, 11) is 1.88. The number of aryl methyl sites for hydroxylation is 1. The Kier molecular flexibility index (Phi) is 2.80. The molecule has 1 amide bonds. The first-order valence-electron chi connectivity index (χ1n) is 6.54. The number of likely N-dealkylation sites (N-methyl/N-ethyl adjacent to an activating group) is 1. The van der Waals surface area contributed by atoms with Gasteiger partial charge in [-0.2, -0.15) is 0 Å². The average Bonchev–Trinajstić information content (AvgIpc) is 2.39. The van der Waals surface area contributed by atoms with Gasteiger partial charge in [-0.15, -0.1) is 0 Å². The van der Waals surface area contributed by atoms with Crippen LogP contribution >= 0.6 is 0 Å². The molecule has 2 rings (SSSR count). The molecule has 0 aromatic heterocycles. The quantitative estimate of drug-likeness (QED) is 0.739. The second kappa shape index (κ2) is 3.84. The monoisotopic (exact) mass is 245 g/mol. The second-order valence-corrected chi connectivity index (χ2v) is 6.95. The van der Waals surface area contributed by atoms with Crippen molar-refractivity contribution in [1.82, 2.24) is 0 Å². The van der Waals surface area contributed by atoms with E-state index in [1.54, 1.807) is 4.90 Å². The van der Waals surface area contributed by atoms with Gasteiger partial charge in [0.15, 0.2) is 0 Å². The molecule has 0 spiro atoms. The Morgan fingerprint density at radius 1 is 1.28 bits per heavy atom. The molecule has 2 heteroatoms. The summed E-state index contributed by atoms with van der Waals surface area (Å²) in [5.74, 6) is 0.220. The van der Waals surface area contributed by atoms with Crippen LogP contribution < -0.4 is 4.90 Å². The van der Waals surface area contributed by atoms with Crippen molar-refractivity contribution in [2.45, 2.75) is 46.5 Å². The molecule has 0 aliphatic carbocycles. The van der Waals surface area contributed by atoms with E-state index in [-0.39, 0.29) is 16.7 Å². The van der Waals surface area contributed by atoms with Gasteiger partial charge in [0.25, 0.3) is 0 Å². The molecule has 1 unspecified atom stereocenters. The minimum Gasteiger partial charge on any atom is -0.314 e. The van der Waals surface area contributed by atoms with Gasteiger partial charge in [-0.25, -0.2) is 0 Å². The number of rotatable bonds is 1. The number of benzene rings is 1. The molecule has 2 nitrogen and oxygen atoms in total. The van der Waals surface area contributed by atoms with Gasteiger partial charge in [0.05, 0.1) is 5.41 Å². The number of carbonyl (C=O) groups excluding carboxylic acids is 1. The average molecular weight is 245 g/mol. The Balaban J connectivity index is 2.57. The van der Waals surface area contributed by atoms with Gasteiger partial charge in [0.1, 0.15) is 0 Å². The van der Waals surface area contributed by atoms with Gasteiger partial charge in [-0.3, -0.25) is 4.79 Å². The SMILES string of the molecule is Cc1ccc2c(c1)C(C)(CC(C)(C)C)C(=O)N2C. The third kappa shape index (κ3) is 1.94. The van der Waals surface area contributed by atoms with E-state index in [4.69, 9.17) is 0 Å². The molecule has 0 saturated heterocycles. The summed E-state index contributed by atoms with van der Waals surface area (Å²) in [6.45, 7) is 10.8. The summed E-state index contributed by atoms with van der Waals surface area (Å²) in [5.41, 5.74) is 3.23. The van der Waals surface area contributed by atoms with E-state index in [0.717, 1.165) is 12.1 Å². The van der Waals surface area contributed by atoms with Crippen LogP contribution in [-0.4, -0.2) is 13.0 Å². The molecule has 1 atom stereocenters. The predicted molar refractivity (Wildman–Crippen MR) is 76.0 cm³/mol. The number of hydrogen-bond donors (Lipinski definition) is 0. The molecule has 0 bridgehead atoms. The summed E-state index contributed by atoms with van der Waals surface area (Å²) in [6, 6.07) is 6.31. The molecule has 1 heterocycles. The fraction of sp³-hybridized carbons (Fsp3) is 0.562. The van der Waals surface area contributed by atoms with Crippen LogP contribution in [0.25, 0.3) is 0 Å². The Bertz CT molecular complexity index is 498. The first-order chi connectivity index (χ1) is 8.15. The van der Waals surface area contributed by atoms with Gasteiger partial charge in [0, 0.05) is 12.7 Å². The fourth-order valence-electron chi connectivity index (χ4n) is 3.21. The minimum atomic E-state index is -0.381. The zero-order valence-electron chi connectivity index (χ0n) is 12.3. The predicted octanol–water partition coefficient (Wildman–Crippen LogP) is 3.67. The zero-order valence-corrected chi connectivity index (χ0v) is 12.3. The molecular formula is C16H23NO. The van der Waals surface area contributed by atoms with Crippen LogP contribution in [0.2, 0.25) is 0 Å². The lowest BCUT2D eigenvalue weighted by atomic mass is 9.71. The van der Waals surface area contributed by atoms with Crippen LogP contribution in [0, 0.1) is 12.3 Å². The van der Waals surface area contributed by atoms with E-state index in [2.05, 4.69) is 52.8 Å². The maximum absolute atomic E-state index is 12.6. The first kappa shape index (κ1) is 13.1. The van der Waals surface area contributed by atoms with E-state index < -0.39 is 0 Å². The summed E-state index contributed by atoms with van der Waals surface area (Å²) >= 11 is 0. The summed E-state index contributed by atoms with van der Waals surface area (Å²) in [4.78, 5) is 14.4. The smallest absolute Gasteiger partial charge is 0.237 e. The Morgan fingerprint density at radius 3 is 2.44 bits per heavy atom. The highest BCUT2D eigenvalue weighted by Gasteiger charge is 2.47. The molecule has 0 saturated carbocycles. The van der Waals surface area contributed by atoms with Gasteiger partial charge < -0.3 is 4.90 Å². The van der Waals surface area contributed by atoms with Crippen molar-refractivity contribution in [3.05, 3.63) is 29.3 Å². The number of fused-ring (bicyclic) bond motifs is 1. The van der Waals surface area contributed by atoms with E-state index in [1.165, 1.54) is 11.1 Å². The number of carbonyl (C=O) groups is 1. The Morgan fingerprint density at radius 2 is 1.89 bits per heavy atom. The van der Waals surface area contributed by atoms with Crippen molar-refractivity contribution in [1.29, 1.82) is 0 Å². The van der Waals surface area contributed by atoms with E-state index in [0.29, 0.717) is 0 Å². The normalized spacial score (nSPS) is 23.4. The van der Waals surface area contributed by atoms with Crippen molar-refractivity contribution in [2.75, 3.05) is 11.9 Å². The second-order valence-electron chi connectivity index (χ2n) is 6.95. The number of hydrogen-bond acceptors (Lipinski definition) is 1. The summed E-state index contributed by atoms with van der Waals surface area (Å²) in [5, 5.41) is 0. The maximum Gasteiger partial charge on any atom is 0.237 e. The van der Waals surface area contributed by atoms with Crippen molar-refractivity contribution in [2.24, 2.45) is 5.41 Å². The number of nitrogens with zero attached hydrogens (tertiary/aromatic N) is 1. The molecule has 18 heavy (non-hydrogen) atoms. The van der Waals surface area contributed by atoms with Gasteiger partial charge >= 0.3 is 0 Å². The highest BCUT2D eigenvalue weighted by atomic mass is 16.2. The molecular weight excluding hydrogens is 222 g/mol. The first-order valence-corrected chi connectivity index (χ1v) is 6.54. The molecule has 0 radical (unpaired) electrons. The molecule has 1 aliphatic rings. The third-order valence-corrected chi connectivity index (χ3v) is 3.77. The maximum atomic E-state index is 12.6. The Hall–Kier alpha value is -1.31. The molecule has 1 aromatic rings. The summed E-state index contributed by atoms with van der Waals surface area (Å²) < 4.78 is 0. The molecule has 98 valence electrons. The Labute approximate surface area is 110 Å². The van der Waals surface area contributed by atoms with Crippen molar-refractivity contribution in [3.63, 3.8) is 0 Å². The third-order valence-electron chi connectivity index (χ3n) is 3.77. The van der Waals surface area contributed by atoms with Crippen LogP contribution in [0.15, 0.2) is 18.2 Å². The highest BCUT2D eigenvalue weighted by Crippen LogP contribution is 2.47. The standard InChI is InChI=1S/C16H23NO/c1-11-7-8-13-12(9-11)16(5,10-15(2,3)4)14(18)17(13)6/h7-9H,10H2,1-6H3. The molecule has 0 fully saturated rings. The largest absolute Gasteiger partial charge is 0.314 e. The minimum absolute atomic E-state index is 0.136. The van der Waals surface area contributed by atoms with Crippen LogP contribution in [0.3, 0.4) is 0 Å².